The van der Waals surface area contributed by atoms with Crippen molar-refractivity contribution in [2.75, 3.05) is 25.0 Å². The van der Waals surface area contributed by atoms with E-state index >= 15 is 0 Å². The zero-order valence-corrected chi connectivity index (χ0v) is 15.4. The molecule has 0 aromatic heterocycles. The summed E-state index contributed by atoms with van der Waals surface area (Å²) in [6, 6.07) is 12.8. The number of carbonyl (C=O) groups is 1. The lowest BCUT2D eigenvalue weighted by molar-refractivity contribution is 0.0997. The lowest BCUT2D eigenvalue weighted by Crippen LogP contribution is -2.39. The summed E-state index contributed by atoms with van der Waals surface area (Å²) in [5.41, 5.74) is 8.12. The van der Waals surface area contributed by atoms with Gasteiger partial charge in [0, 0.05) is 31.9 Å². The minimum absolute atomic E-state index is 0.00806. The van der Waals surface area contributed by atoms with Crippen LogP contribution in [0.3, 0.4) is 0 Å². The quantitative estimate of drug-likeness (QED) is 0.579. The van der Waals surface area contributed by atoms with Crippen LogP contribution < -0.4 is 16.0 Å². The number of aliphatic hydroxyl groups excluding tert-OH is 1. The van der Waals surface area contributed by atoms with E-state index in [0.29, 0.717) is 12.1 Å². The second-order valence-electron chi connectivity index (χ2n) is 6.68. The molecule has 0 bridgehead atoms. The number of hydrogen-bond donors (Lipinski definition) is 4. The molecule has 140 valence electrons. The third kappa shape index (κ3) is 5.21. The maximum absolute atomic E-state index is 11.3. The summed E-state index contributed by atoms with van der Waals surface area (Å²) in [6.07, 6.45) is -0.805. The molecule has 0 radical (unpaired) electrons. The van der Waals surface area contributed by atoms with E-state index in [1.165, 1.54) is 17.7 Å². The maximum Gasteiger partial charge on any atom is 0.252 e. The van der Waals surface area contributed by atoms with Crippen molar-refractivity contribution in [1.82, 2.24) is 5.32 Å². The van der Waals surface area contributed by atoms with Gasteiger partial charge in [0.1, 0.15) is 5.75 Å². The van der Waals surface area contributed by atoms with Crippen LogP contribution in [0, 0.1) is 6.92 Å². The topological polar surface area (TPSA) is 98.8 Å². The molecule has 0 saturated carbocycles. The van der Waals surface area contributed by atoms with Gasteiger partial charge < -0.3 is 26.2 Å². The van der Waals surface area contributed by atoms with Gasteiger partial charge in [0.05, 0.1) is 11.7 Å². The van der Waals surface area contributed by atoms with E-state index in [9.17, 15) is 15.0 Å². The SMILES string of the molecule is Cc1ccc(N(C)CC(C)NCC(O)c2ccc(O)c(C(N)=O)c2)cc1. The van der Waals surface area contributed by atoms with Crippen LogP contribution in [-0.2, 0) is 0 Å². The van der Waals surface area contributed by atoms with E-state index < -0.39 is 12.0 Å². The molecular formula is C20H27N3O3. The molecule has 26 heavy (non-hydrogen) atoms. The molecule has 6 heteroatoms. The number of anilines is 1. The molecule has 0 aliphatic heterocycles. The largest absolute Gasteiger partial charge is 0.507 e. The predicted molar refractivity (Wildman–Crippen MR) is 103 cm³/mol. The summed E-state index contributed by atoms with van der Waals surface area (Å²) in [5.74, 6) is -0.910. The fraction of sp³-hybridized carbons (Fsp3) is 0.350. The van der Waals surface area contributed by atoms with Crippen molar-refractivity contribution in [3.63, 3.8) is 0 Å². The smallest absolute Gasteiger partial charge is 0.252 e. The van der Waals surface area contributed by atoms with Crippen LogP contribution in [0.5, 0.6) is 5.75 Å². The van der Waals surface area contributed by atoms with Gasteiger partial charge in [0.25, 0.3) is 5.91 Å². The van der Waals surface area contributed by atoms with Crippen LogP contribution in [-0.4, -0.2) is 42.3 Å². The van der Waals surface area contributed by atoms with Gasteiger partial charge in [0.15, 0.2) is 0 Å². The van der Waals surface area contributed by atoms with Crippen molar-refractivity contribution in [1.29, 1.82) is 0 Å². The Morgan fingerprint density at radius 1 is 1.23 bits per heavy atom. The van der Waals surface area contributed by atoms with E-state index in [-0.39, 0.29) is 17.4 Å². The minimum atomic E-state index is -0.805. The van der Waals surface area contributed by atoms with Crippen molar-refractivity contribution in [2.45, 2.75) is 26.0 Å². The third-order valence-corrected chi connectivity index (χ3v) is 4.35. The molecule has 2 aromatic carbocycles. The molecule has 0 saturated heterocycles. The Kier molecular flexibility index (Phi) is 6.60. The van der Waals surface area contributed by atoms with E-state index in [0.717, 1.165) is 12.2 Å². The van der Waals surface area contributed by atoms with Gasteiger partial charge in [-0.2, -0.15) is 0 Å². The summed E-state index contributed by atoms with van der Waals surface area (Å²) in [7, 11) is 2.03. The second-order valence-corrected chi connectivity index (χ2v) is 6.68. The highest BCUT2D eigenvalue weighted by atomic mass is 16.3. The molecule has 2 aromatic rings. The molecule has 0 aliphatic rings. The number of amides is 1. The lowest BCUT2D eigenvalue weighted by Gasteiger charge is -2.25. The average Bonchev–Trinajstić information content (AvgIpc) is 2.60. The molecule has 0 spiro atoms. The van der Waals surface area contributed by atoms with Gasteiger partial charge in [-0.25, -0.2) is 0 Å². The molecule has 0 heterocycles. The normalized spacial score (nSPS) is 13.2. The molecule has 6 nitrogen and oxygen atoms in total. The molecule has 1 amide bonds. The number of aryl methyl sites for hydroxylation is 1. The highest BCUT2D eigenvalue weighted by Crippen LogP contribution is 2.22. The molecule has 2 atom stereocenters. The zero-order chi connectivity index (χ0) is 19.3. The summed E-state index contributed by atoms with van der Waals surface area (Å²) in [4.78, 5) is 13.4. The summed E-state index contributed by atoms with van der Waals surface area (Å²) >= 11 is 0. The minimum Gasteiger partial charge on any atom is -0.507 e. The van der Waals surface area contributed by atoms with Crippen LogP contribution in [0.4, 0.5) is 5.69 Å². The van der Waals surface area contributed by atoms with Crippen LogP contribution in [0.2, 0.25) is 0 Å². The van der Waals surface area contributed by atoms with E-state index in [1.807, 2.05) is 14.0 Å². The first kappa shape index (κ1) is 19.8. The van der Waals surface area contributed by atoms with Crippen LogP contribution in [0.1, 0.15) is 34.5 Å². The Morgan fingerprint density at radius 3 is 2.50 bits per heavy atom. The van der Waals surface area contributed by atoms with Gasteiger partial charge in [0.2, 0.25) is 0 Å². The number of nitrogens with one attached hydrogen (secondary N) is 1. The first-order valence-electron chi connectivity index (χ1n) is 8.60. The third-order valence-electron chi connectivity index (χ3n) is 4.35. The number of aromatic hydroxyl groups is 1. The Bertz CT molecular complexity index is 746. The van der Waals surface area contributed by atoms with Crippen molar-refractivity contribution in [3.8, 4) is 5.75 Å². The first-order chi connectivity index (χ1) is 12.3. The van der Waals surface area contributed by atoms with Gasteiger partial charge in [-0.3, -0.25) is 4.79 Å². The summed E-state index contributed by atoms with van der Waals surface area (Å²) in [5, 5.41) is 23.3. The van der Waals surface area contributed by atoms with Gasteiger partial charge in [-0.1, -0.05) is 23.8 Å². The van der Waals surface area contributed by atoms with Crippen LogP contribution in [0.15, 0.2) is 42.5 Å². The van der Waals surface area contributed by atoms with Crippen molar-refractivity contribution in [3.05, 3.63) is 59.2 Å². The number of aliphatic hydroxyl groups is 1. The number of nitrogens with zero attached hydrogens (tertiary/aromatic N) is 1. The number of phenols is 1. The van der Waals surface area contributed by atoms with E-state index in [1.54, 1.807) is 6.07 Å². The summed E-state index contributed by atoms with van der Waals surface area (Å²) < 4.78 is 0. The van der Waals surface area contributed by atoms with Crippen molar-refractivity contribution in [2.24, 2.45) is 5.73 Å². The number of nitrogens with two attached hydrogens (primary N) is 1. The number of carbonyl (C=O) groups excluding carboxylic acids is 1. The van der Waals surface area contributed by atoms with E-state index in [2.05, 4.69) is 41.4 Å². The Balaban J connectivity index is 1.90. The highest BCUT2D eigenvalue weighted by Gasteiger charge is 2.15. The van der Waals surface area contributed by atoms with Crippen molar-refractivity contribution < 1.29 is 15.0 Å². The standard InChI is InChI=1S/C20H27N3O3/c1-13-4-7-16(8-5-13)23(3)12-14(2)22-11-19(25)15-6-9-18(24)17(10-15)20(21)26/h4-10,14,19,22,24-25H,11-12H2,1-3H3,(H2,21,26). The zero-order valence-electron chi connectivity index (χ0n) is 15.4. The molecule has 0 fully saturated rings. The van der Waals surface area contributed by atoms with E-state index in [4.69, 9.17) is 5.73 Å². The number of rotatable bonds is 8. The molecule has 0 aliphatic carbocycles. The van der Waals surface area contributed by atoms with Gasteiger partial charge in [-0.15, -0.1) is 0 Å². The number of benzene rings is 2. The molecule has 2 rings (SSSR count). The maximum atomic E-state index is 11.3. The number of primary amides is 1. The lowest BCUT2D eigenvalue weighted by atomic mass is 10.0. The van der Waals surface area contributed by atoms with Gasteiger partial charge in [-0.05, 0) is 43.7 Å². The Hall–Kier alpha value is -2.57. The summed E-state index contributed by atoms with van der Waals surface area (Å²) in [6.45, 7) is 5.20. The van der Waals surface area contributed by atoms with Crippen LogP contribution >= 0.6 is 0 Å². The fourth-order valence-corrected chi connectivity index (χ4v) is 2.77. The fourth-order valence-electron chi connectivity index (χ4n) is 2.77. The van der Waals surface area contributed by atoms with Crippen molar-refractivity contribution >= 4 is 11.6 Å². The predicted octanol–water partition coefficient (Wildman–Crippen LogP) is 1.95. The monoisotopic (exact) mass is 357 g/mol. The second kappa shape index (κ2) is 8.69. The molecular weight excluding hydrogens is 330 g/mol. The molecule has 2 unspecified atom stereocenters. The highest BCUT2D eigenvalue weighted by molar-refractivity contribution is 5.95. The Morgan fingerprint density at radius 2 is 1.88 bits per heavy atom. The van der Waals surface area contributed by atoms with Crippen LogP contribution in [0.25, 0.3) is 0 Å². The number of likely N-dealkylation sites (N-methyl/N-ethyl adjacent to an activating group) is 1. The average molecular weight is 357 g/mol. The molecule has 5 N–H and O–H groups in total. The first-order valence-corrected chi connectivity index (χ1v) is 8.60. The Labute approximate surface area is 154 Å². The van der Waals surface area contributed by atoms with Gasteiger partial charge >= 0.3 is 0 Å². The number of hydrogen-bond acceptors (Lipinski definition) is 5.